The Morgan fingerprint density at radius 3 is 2.05 bits per heavy atom. The second kappa shape index (κ2) is 6.30. The highest BCUT2D eigenvalue weighted by molar-refractivity contribution is 6.37. The van der Waals surface area contributed by atoms with Crippen LogP contribution in [-0.4, -0.2) is 17.1 Å². The van der Waals surface area contributed by atoms with Gasteiger partial charge in [-0.3, -0.25) is 0 Å². The van der Waals surface area contributed by atoms with Crippen LogP contribution in [0.15, 0.2) is 24.3 Å². The summed E-state index contributed by atoms with van der Waals surface area (Å²) in [7, 11) is 1.63. The standard InChI is InChI=1S/C16H18Cl2N2O/c1-5-16(3,21-4)15-19-13(17)12(14(18)20-15)11-8-6-10(2)7-9-11/h6-9H,5H2,1-4H3. The van der Waals surface area contributed by atoms with Gasteiger partial charge in [-0.15, -0.1) is 0 Å². The topological polar surface area (TPSA) is 35.0 Å². The lowest BCUT2D eigenvalue weighted by Crippen LogP contribution is -2.26. The van der Waals surface area contributed by atoms with E-state index < -0.39 is 5.60 Å². The van der Waals surface area contributed by atoms with Crippen LogP contribution >= 0.6 is 23.2 Å². The third kappa shape index (κ3) is 3.20. The maximum absolute atomic E-state index is 6.34. The van der Waals surface area contributed by atoms with Gasteiger partial charge in [0.15, 0.2) is 5.82 Å². The van der Waals surface area contributed by atoms with Crippen LogP contribution in [-0.2, 0) is 10.3 Å². The highest BCUT2D eigenvalue weighted by Crippen LogP contribution is 2.35. The van der Waals surface area contributed by atoms with E-state index in [1.54, 1.807) is 7.11 Å². The van der Waals surface area contributed by atoms with Crippen LogP contribution in [0.25, 0.3) is 11.1 Å². The molecule has 0 aliphatic heterocycles. The zero-order valence-corrected chi connectivity index (χ0v) is 14.1. The highest BCUT2D eigenvalue weighted by atomic mass is 35.5. The molecule has 0 spiro atoms. The largest absolute Gasteiger partial charge is 0.371 e. The summed E-state index contributed by atoms with van der Waals surface area (Å²) in [6, 6.07) is 7.92. The minimum Gasteiger partial charge on any atom is -0.371 e. The summed E-state index contributed by atoms with van der Waals surface area (Å²) >= 11 is 12.7. The average molecular weight is 325 g/mol. The molecule has 0 saturated heterocycles. The van der Waals surface area contributed by atoms with Gasteiger partial charge in [0, 0.05) is 7.11 Å². The Bertz CT molecular complexity index is 614. The molecule has 21 heavy (non-hydrogen) atoms. The van der Waals surface area contributed by atoms with Crippen LogP contribution in [0, 0.1) is 6.92 Å². The number of rotatable bonds is 4. The van der Waals surface area contributed by atoms with Crippen molar-refractivity contribution in [1.82, 2.24) is 9.97 Å². The summed E-state index contributed by atoms with van der Waals surface area (Å²) in [5.41, 5.74) is 2.12. The van der Waals surface area contributed by atoms with Crippen LogP contribution in [0.3, 0.4) is 0 Å². The number of ether oxygens (including phenoxy) is 1. The quantitative estimate of drug-likeness (QED) is 0.740. The van der Waals surface area contributed by atoms with Gasteiger partial charge in [0.1, 0.15) is 15.9 Å². The van der Waals surface area contributed by atoms with E-state index in [2.05, 4.69) is 9.97 Å². The molecule has 0 aliphatic rings. The lowest BCUT2D eigenvalue weighted by atomic mass is 10.0. The van der Waals surface area contributed by atoms with E-state index in [1.807, 2.05) is 45.0 Å². The zero-order valence-electron chi connectivity index (χ0n) is 12.6. The lowest BCUT2D eigenvalue weighted by molar-refractivity contribution is -0.00894. The molecule has 1 aromatic carbocycles. The summed E-state index contributed by atoms with van der Waals surface area (Å²) in [6.07, 6.45) is 0.722. The molecule has 112 valence electrons. The maximum Gasteiger partial charge on any atom is 0.163 e. The van der Waals surface area contributed by atoms with Crippen molar-refractivity contribution in [2.75, 3.05) is 7.11 Å². The fourth-order valence-corrected chi connectivity index (χ4v) is 2.60. The molecule has 1 heterocycles. The summed E-state index contributed by atoms with van der Waals surface area (Å²) in [6.45, 7) is 5.95. The van der Waals surface area contributed by atoms with Crippen molar-refractivity contribution in [2.24, 2.45) is 0 Å². The van der Waals surface area contributed by atoms with E-state index in [9.17, 15) is 0 Å². The van der Waals surface area contributed by atoms with Crippen molar-refractivity contribution < 1.29 is 4.74 Å². The van der Waals surface area contributed by atoms with Gasteiger partial charge in [-0.05, 0) is 25.8 Å². The fraction of sp³-hybridized carbons (Fsp3) is 0.375. The van der Waals surface area contributed by atoms with Crippen molar-refractivity contribution in [3.63, 3.8) is 0 Å². The van der Waals surface area contributed by atoms with Gasteiger partial charge < -0.3 is 4.74 Å². The van der Waals surface area contributed by atoms with E-state index in [4.69, 9.17) is 27.9 Å². The Morgan fingerprint density at radius 2 is 1.62 bits per heavy atom. The first-order valence-corrected chi connectivity index (χ1v) is 7.52. The Kier molecular flexibility index (Phi) is 4.87. The number of methoxy groups -OCH3 is 1. The number of aryl methyl sites for hydroxylation is 1. The fourth-order valence-electron chi connectivity index (χ4n) is 2.00. The van der Waals surface area contributed by atoms with Gasteiger partial charge in [-0.2, -0.15) is 0 Å². The van der Waals surface area contributed by atoms with Crippen LogP contribution < -0.4 is 0 Å². The van der Waals surface area contributed by atoms with Gasteiger partial charge in [-0.1, -0.05) is 60.0 Å². The van der Waals surface area contributed by atoms with Gasteiger partial charge in [-0.25, -0.2) is 9.97 Å². The molecule has 0 fully saturated rings. The third-order valence-corrected chi connectivity index (χ3v) is 4.31. The molecule has 1 atom stereocenters. The van der Waals surface area contributed by atoms with Gasteiger partial charge in [0.05, 0.1) is 5.56 Å². The summed E-state index contributed by atoms with van der Waals surface area (Å²) in [5.74, 6) is 0.498. The second-order valence-electron chi connectivity index (χ2n) is 5.16. The van der Waals surface area contributed by atoms with Gasteiger partial charge in [0.2, 0.25) is 0 Å². The normalized spacial score (nSPS) is 14.0. The van der Waals surface area contributed by atoms with E-state index in [0.717, 1.165) is 12.0 Å². The minimum atomic E-state index is -0.598. The number of hydrogen-bond acceptors (Lipinski definition) is 3. The maximum atomic E-state index is 6.34. The molecule has 2 rings (SSSR count). The predicted octanol–water partition coefficient (Wildman–Crippen LogP) is 5.03. The first kappa shape index (κ1) is 16.2. The highest BCUT2D eigenvalue weighted by Gasteiger charge is 2.29. The average Bonchev–Trinajstić information content (AvgIpc) is 2.47. The Hall–Kier alpha value is -1.16. The third-order valence-electron chi connectivity index (χ3n) is 3.76. The van der Waals surface area contributed by atoms with Gasteiger partial charge >= 0.3 is 0 Å². The molecule has 5 heteroatoms. The second-order valence-corrected chi connectivity index (χ2v) is 5.87. The van der Waals surface area contributed by atoms with E-state index in [-0.39, 0.29) is 0 Å². The molecule has 0 saturated carbocycles. The Balaban J connectivity index is 2.54. The van der Waals surface area contributed by atoms with E-state index >= 15 is 0 Å². The molecule has 1 aromatic heterocycles. The summed E-state index contributed by atoms with van der Waals surface area (Å²) in [4.78, 5) is 8.78. The summed E-state index contributed by atoms with van der Waals surface area (Å²) in [5, 5.41) is 0.677. The smallest absolute Gasteiger partial charge is 0.163 e. The molecule has 0 N–H and O–H groups in total. The van der Waals surface area contributed by atoms with Crippen molar-refractivity contribution in [2.45, 2.75) is 32.8 Å². The van der Waals surface area contributed by atoms with Gasteiger partial charge in [0.25, 0.3) is 0 Å². The molecule has 2 aromatic rings. The molecule has 0 aliphatic carbocycles. The van der Waals surface area contributed by atoms with Crippen LogP contribution in [0.4, 0.5) is 0 Å². The van der Waals surface area contributed by atoms with E-state index in [1.165, 1.54) is 5.56 Å². The SMILES string of the molecule is CCC(C)(OC)c1nc(Cl)c(-c2ccc(C)cc2)c(Cl)n1. The molecule has 3 nitrogen and oxygen atoms in total. The van der Waals surface area contributed by atoms with Crippen molar-refractivity contribution in [3.05, 3.63) is 46.0 Å². The van der Waals surface area contributed by atoms with Crippen molar-refractivity contribution in [3.8, 4) is 11.1 Å². The van der Waals surface area contributed by atoms with Crippen molar-refractivity contribution in [1.29, 1.82) is 0 Å². The molecule has 0 bridgehead atoms. The van der Waals surface area contributed by atoms with Crippen LogP contribution in [0.1, 0.15) is 31.7 Å². The molecule has 0 radical (unpaired) electrons. The molecule has 1 unspecified atom stereocenters. The Morgan fingerprint density at radius 1 is 1.10 bits per heavy atom. The molecular weight excluding hydrogens is 307 g/mol. The lowest BCUT2D eigenvalue weighted by Gasteiger charge is -2.25. The van der Waals surface area contributed by atoms with Crippen LogP contribution in [0.2, 0.25) is 10.3 Å². The van der Waals surface area contributed by atoms with Crippen LogP contribution in [0.5, 0.6) is 0 Å². The zero-order chi connectivity index (χ0) is 15.6. The first-order chi connectivity index (χ1) is 9.91. The monoisotopic (exact) mass is 324 g/mol. The minimum absolute atomic E-state index is 0.338. The van der Waals surface area contributed by atoms with Crippen molar-refractivity contribution >= 4 is 23.2 Å². The number of hydrogen-bond donors (Lipinski definition) is 0. The van der Waals surface area contributed by atoms with E-state index in [0.29, 0.717) is 21.7 Å². The number of nitrogens with zero attached hydrogens (tertiary/aromatic N) is 2. The Labute approximate surface area is 135 Å². The number of benzene rings is 1. The predicted molar refractivity (Wildman–Crippen MR) is 86.9 cm³/mol. The first-order valence-electron chi connectivity index (χ1n) is 6.77. The number of halogens is 2. The molecular formula is C16H18Cl2N2O. The molecule has 0 amide bonds. The number of aromatic nitrogens is 2. The summed E-state index contributed by atoms with van der Waals surface area (Å²) < 4.78 is 5.50.